The third-order valence-corrected chi connectivity index (χ3v) is 3.77. The van der Waals surface area contributed by atoms with Crippen LogP contribution in [0.25, 0.3) is 27.2 Å². The maximum Gasteiger partial charge on any atom is 0.0747 e. The number of benzene rings is 2. The summed E-state index contributed by atoms with van der Waals surface area (Å²) in [5.74, 6) is 0. The van der Waals surface area contributed by atoms with E-state index in [0.717, 1.165) is 0 Å². The van der Waals surface area contributed by atoms with Crippen molar-refractivity contribution in [3.63, 3.8) is 0 Å². The van der Waals surface area contributed by atoms with Gasteiger partial charge in [0.05, 0.1) is 17.2 Å². The van der Waals surface area contributed by atoms with Gasteiger partial charge in [-0.25, -0.2) is 4.52 Å². The van der Waals surface area contributed by atoms with Crippen LogP contribution >= 0.6 is 0 Å². The predicted octanol–water partition coefficient (Wildman–Crippen LogP) is 4.26. The molecule has 4 rings (SSSR count). The lowest BCUT2D eigenvalue weighted by atomic mass is 10.0. The second kappa shape index (κ2) is 3.58. The minimum atomic E-state index is 1.17. The zero-order valence-corrected chi connectivity index (χ0v) is 11.0. The summed E-state index contributed by atoms with van der Waals surface area (Å²) >= 11 is 0. The number of aromatic nitrogens is 2. The fourth-order valence-corrected chi connectivity index (χ4v) is 2.85. The molecule has 92 valence electrons. The average Bonchev–Trinajstić information content (AvgIpc) is 2.88. The summed E-state index contributed by atoms with van der Waals surface area (Å²) in [5, 5.41) is 8.31. The Morgan fingerprint density at radius 3 is 2.21 bits per heavy atom. The van der Waals surface area contributed by atoms with Crippen molar-refractivity contribution >= 4 is 27.2 Å². The van der Waals surface area contributed by atoms with Crippen LogP contribution < -0.4 is 0 Å². The van der Waals surface area contributed by atoms with E-state index in [2.05, 4.69) is 61.4 Å². The third kappa shape index (κ3) is 1.40. The molecule has 0 aliphatic rings. The first-order valence-electron chi connectivity index (χ1n) is 6.50. The number of hydrogen-bond acceptors (Lipinski definition) is 1. The summed E-state index contributed by atoms with van der Waals surface area (Å²) in [5.41, 5.74) is 4.90. The molecule has 0 N–H and O–H groups in total. The van der Waals surface area contributed by atoms with E-state index in [1.54, 1.807) is 0 Å². The topological polar surface area (TPSA) is 17.3 Å². The number of nitrogens with zero attached hydrogens (tertiary/aromatic N) is 2. The first-order chi connectivity index (χ1) is 9.24. The Morgan fingerprint density at radius 1 is 0.737 bits per heavy atom. The van der Waals surface area contributed by atoms with Crippen molar-refractivity contribution < 1.29 is 0 Å². The highest BCUT2D eigenvalue weighted by molar-refractivity contribution is 6.12. The van der Waals surface area contributed by atoms with E-state index >= 15 is 0 Å². The van der Waals surface area contributed by atoms with Gasteiger partial charge >= 0.3 is 0 Å². The van der Waals surface area contributed by atoms with Gasteiger partial charge in [-0.05, 0) is 36.9 Å². The molecule has 0 saturated heterocycles. The Kier molecular flexibility index (Phi) is 1.99. The van der Waals surface area contributed by atoms with Crippen LogP contribution in [0.4, 0.5) is 0 Å². The van der Waals surface area contributed by atoms with Crippen LogP contribution in [0.1, 0.15) is 11.1 Å². The van der Waals surface area contributed by atoms with Crippen molar-refractivity contribution in [1.29, 1.82) is 0 Å². The van der Waals surface area contributed by atoms with Crippen LogP contribution in [0.15, 0.2) is 48.7 Å². The van der Waals surface area contributed by atoms with Gasteiger partial charge < -0.3 is 0 Å². The molecular formula is C17H14N2. The molecule has 2 heteroatoms. The molecular weight excluding hydrogens is 232 g/mol. The van der Waals surface area contributed by atoms with Gasteiger partial charge in [-0.15, -0.1) is 0 Å². The summed E-state index contributed by atoms with van der Waals surface area (Å²) in [6, 6.07) is 15.3. The number of aryl methyl sites for hydroxylation is 2. The van der Waals surface area contributed by atoms with E-state index in [1.165, 1.54) is 38.3 Å². The zero-order chi connectivity index (χ0) is 13.0. The molecule has 0 unspecified atom stereocenters. The SMILES string of the molecule is Cc1ccc2c(c1)c1ccc(C)cc1n1nccc21. The molecule has 2 aromatic carbocycles. The summed E-state index contributed by atoms with van der Waals surface area (Å²) in [6.07, 6.45) is 1.87. The predicted molar refractivity (Wildman–Crippen MR) is 79.7 cm³/mol. The normalized spacial score (nSPS) is 11.7. The van der Waals surface area contributed by atoms with Gasteiger partial charge in [-0.1, -0.05) is 35.9 Å². The van der Waals surface area contributed by atoms with Crippen molar-refractivity contribution in [1.82, 2.24) is 9.61 Å². The van der Waals surface area contributed by atoms with E-state index in [9.17, 15) is 0 Å². The van der Waals surface area contributed by atoms with Crippen LogP contribution in [-0.4, -0.2) is 9.61 Å². The van der Waals surface area contributed by atoms with Gasteiger partial charge in [0.1, 0.15) is 0 Å². The molecule has 0 spiro atoms. The van der Waals surface area contributed by atoms with Crippen molar-refractivity contribution in [3.8, 4) is 0 Å². The summed E-state index contributed by atoms with van der Waals surface area (Å²) in [4.78, 5) is 0. The Bertz CT molecular complexity index is 932. The molecule has 4 aromatic rings. The van der Waals surface area contributed by atoms with Gasteiger partial charge in [-0.3, -0.25) is 0 Å². The van der Waals surface area contributed by atoms with Crippen molar-refractivity contribution in [3.05, 3.63) is 59.8 Å². The molecule has 0 saturated carbocycles. The molecule has 0 radical (unpaired) electrons. The lowest BCUT2D eigenvalue weighted by Crippen LogP contribution is -1.93. The Labute approximate surface area is 111 Å². The first-order valence-corrected chi connectivity index (χ1v) is 6.50. The monoisotopic (exact) mass is 246 g/mol. The van der Waals surface area contributed by atoms with E-state index in [0.29, 0.717) is 0 Å². The molecule has 0 aliphatic heterocycles. The number of pyridine rings is 1. The minimum absolute atomic E-state index is 1.17. The quantitative estimate of drug-likeness (QED) is 0.424. The first kappa shape index (κ1) is 10.6. The molecule has 0 amide bonds. The van der Waals surface area contributed by atoms with Crippen molar-refractivity contribution in [2.75, 3.05) is 0 Å². The van der Waals surface area contributed by atoms with E-state index in [1.807, 2.05) is 10.7 Å². The lowest BCUT2D eigenvalue weighted by Gasteiger charge is -2.09. The van der Waals surface area contributed by atoms with E-state index < -0.39 is 0 Å². The van der Waals surface area contributed by atoms with Gasteiger partial charge in [-0.2, -0.15) is 5.10 Å². The Balaban J connectivity index is 2.40. The maximum atomic E-state index is 4.48. The number of rotatable bonds is 0. The average molecular weight is 246 g/mol. The standard InChI is InChI=1S/C17H14N2/c1-11-3-5-13-15(9-11)14-6-4-12(2)10-17(14)19-16(13)7-8-18-19/h3-10H,1-2H3. The second-order valence-electron chi connectivity index (χ2n) is 5.20. The van der Waals surface area contributed by atoms with Crippen LogP contribution in [0, 0.1) is 13.8 Å². The molecule has 0 atom stereocenters. The van der Waals surface area contributed by atoms with Gasteiger partial charge in [0.25, 0.3) is 0 Å². The minimum Gasteiger partial charge on any atom is -0.232 e. The zero-order valence-electron chi connectivity index (χ0n) is 11.0. The fraction of sp³-hybridized carbons (Fsp3) is 0.118. The molecule has 2 aromatic heterocycles. The highest BCUT2D eigenvalue weighted by atomic mass is 15.2. The van der Waals surface area contributed by atoms with Crippen LogP contribution in [-0.2, 0) is 0 Å². The molecule has 0 bridgehead atoms. The maximum absolute atomic E-state index is 4.48. The van der Waals surface area contributed by atoms with Crippen LogP contribution in [0.5, 0.6) is 0 Å². The smallest absolute Gasteiger partial charge is 0.0747 e. The number of hydrogen-bond donors (Lipinski definition) is 0. The van der Waals surface area contributed by atoms with Crippen molar-refractivity contribution in [2.45, 2.75) is 13.8 Å². The van der Waals surface area contributed by atoms with Gasteiger partial charge in [0.15, 0.2) is 0 Å². The lowest BCUT2D eigenvalue weighted by molar-refractivity contribution is 1.01. The summed E-state index contributed by atoms with van der Waals surface area (Å²) < 4.78 is 2.04. The van der Waals surface area contributed by atoms with Crippen LogP contribution in [0.2, 0.25) is 0 Å². The van der Waals surface area contributed by atoms with Crippen molar-refractivity contribution in [2.24, 2.45) is 0 Å². The Morgan fingerprint density at radius 2 is 1.42 bits per heavy atom. The molecule has 2 nitrogen and oxygen atoms in total. The Hall–Kier alpha value is -2.35. The molecule has 19 heavy (non-hydrogen) atoms. The van der Waals surface area contributed by atoms with Crippen LogP contribution in [0.3, 0.4) is 0 Å². The molecule has 2 heterocycles. The second-order valence-corrected chi connectivity index (χ2v) is 5.20. The number of fused-ring (bicyclic) bond motifs is 6. The molecule has 0 aliphatic carbocycles. The highest BCUT2D eigenvalue weighted by Gasteiger charge is 2.09. The molecule has 0 fully saturated rings. The van der Waals surface area contributed by atoms with E-state index in [-0.39, 0.29) is 0 Å². The highest BCUT2D eigenvalue weighted by Crippen LogP contribution is 2.30. The fourth-order valence-electron chi connectivity index (χ4n) is 2.85. The van der Waals surface area contributed by atoms with Gasteiger partial charge in [0.2, 0.25) is 0 Å². The van der Waals surface area contributed by atoms with E-state index in [4.69, 9.17) is 0 Å². The van der Waals surface area contributed by atoms with Gasteiger partial charge in [0, 0.05) is 10.8 Å². The third-order valence-electron chi connectivity index (χ3n) is 3.77. The summed E-state index contributed by atoms with van der Waals surface area (Å²) in [7, 11) is 0. The largest absolute Gasteiger partial charge is 0.232 e. The summed E-state index contributed by atoms with van der Waals surface area (Å²) in [6.45, 7) is 4.26.